The zero-order valence-corrected chi connectivity index (χ0v) is 18.4. The Labute approximate surface area is 188 Å². The number of nitrogens with zero attached hydrogens (tertiary/aromatic N) is 4. The molecule has 6 nitrogen and oxygen atoms in total. The first-order valence-corrected chi connectivity index (χ1v) is 11.2. The Hall–Kier alpha value is -3.03. The molecule has 2 heterocycles. The van der Waals surface area contributed by atoms with Crippen molar-refractivity contribution in [3.05, 3.63) is 76.1 Å². The van der Waals surface area contributed by atoms with Crippen molar-refractivity contribution in [2.45, 2.75) is 32.4 Å². The van der Waals surface area contributed by atoms with Crippen molar-refractivity contribution in [1.82, 2.24) is 20.1 Å². The molecule has 8 heteroatoms. The summed E-state index contributed by atoms with van der Waals surface area (Å²) in [5.41, 5.74) is 3.44. The maximum Gasteiger partial charge on any atom is 0.274 e. The molecule has 2 aromatic carbocycles. The highest BCUT2D eigenvalue weighted by molar-refractivity contribution is 7.13. The first kappa shape index (κ1) is 19.9. The van der Waals surface area contributed by atoms with Crippen molar-refractivity contribution in [3.63, 3.8) is 0 Å². The van der Waals surface area contributed by atoms with E-state index in [1.807, 2.05) is 48.7 Å². The molecule has 0 N–H and O–H groups in total. The van der Waals surface area contributed by atoms with Gasteiger partial charge >= 0.3 is 0 Å². The summed E-state index contributed by atoms with van der Waals surface area (Å²) in [5.74, 6) is 0.702. The van der Waals surface area contributed by atoms with Crippen LogP contribution in [0.4, 0.5) is 0 Å². The molecule has 1 aliphatic carbocycles. The molecule has 1 amide bonds. The van der Waals surface area contributed by atoms with E-state index < -0.39 is 0 Å². The molecule has 156 valence electrons. The quantitative estimate of drug-likeness (QED) is 0.381. The number of aryl methyl sites for hydroxylation is 1. The number of carbonyl (C=O) groups excluding carboxylic acids is 1. The Bertz CT molecular complexity index is 1210. The molecule has 31 heavy (non-hydrogen) atoms. The van der Waals surface area contributed by atoms with Crippen LogP contribution >= 0.6 is 22.9 Å². The molecule has 0 saturated heterocycles. The molecule has 1 fully saturated rings. The van der Waals surface area contributed by atoms with Crippen LogP contribution in [0.5, 0.6) is 0 Å². The molecule has 5 rings (SSSR count). The second-order valence-corrected chi connectivity index (χ2v) is 8.87. The van der Waals surface area contributed by atoms with Crippen LogP contribution in [-0.2, 0) is 6.54 Å². The molecule has 2 aromatic heterocycles. The summed E-state index contributed by atoms with van der Waals surface area (Å²) >= 11 is 7.41. The Morgan fingerprint density at radius 2 is 1.81 bits per heavy atom. The predicted octanol–water partition coefficient (Wildman–Crippen LogP) is 5.63. The molecular formula is C23H19ClN4O2S. The zero-order chi connectivity index (χ0) is 21.4. The minimum absolute atomic E-state index is 0.108. The Kier molecular flexibility index (Phi) is 5.29. The number of thiazole rings is 1. The van der Waals surface area contributed by atoms with E-state index in [-0.39, 0.29) is 18.5 Å². The molecule has 1 aliphatic rings. The van der Waals surface area contributed by atoms with E-state index in [0.717, 1.165) is 29.0 Å². The lowest BCUT2D eigenvalue weighted by Gasteiger charge is -2.19. The van der Waals surface area contributed by atoms with Crippen LogP contribution in [0, 0.1) is 6.92 Å². The summed E-state index contributed by atoms with van der Waals surface area (Å²) in [5, 5.41) is 11.6. The lowest BCUT2D eigenvalue weighted by molar-refractivity contribution is 0.0709. The minimum atomic E-state index is -0.108. The third-order valence-electron chi connectivity index (χ3n) is 5.13. The molecule has 0 atom stereocenters. The summed E-state index contributed by atoms with van der Waals surface area (Å²) in [6.07, 6.45) is 1.94. The van der Waals surface area contributed by atoms with E-state index in [4.69, 9.17) is 16.0 Å². The van der Waals surface area contributed by atoms with Crippen molar-refractivity contribution in [2.24, 2.45) is 0 Å². The fourth-order valence-corrected chi connectivity index (χ4v) is 4.20. The molecule has 0 unspecified atom stereocenters. The van der Waals surface area contributed by atoms with E-state index in [1.165, 1.54) is 16.9 Å². The van der Waals surface area contributed by atoms with Gasteiger partial charge in [0.1, 0.15) is 10.7 Å². The van der Waals surface area contributed by atoms with Crippen molar-refractivity contribution >= 4 is 28.8 Å². The second kappa shape index (κ2) is 8.24. The van der Waals surface area contributed by atoms with Crippen LogP contribution in [-0.4, -0.2) is 32.0 Å². The Morgan fingerprint density at radius 1 is 1.10 bits per heavy atom. The van der Waals surface area contributed by atoms with Gasteiger partial charge in [-0.25, -0.2) is 4.98 Å². The maximum atomic E-state index is 13.2. The Morgan fingerprint density at radius 3 is 2.52 bits per heavy atom. The third-order valence-corrected chi connectivity index (χ3v) is 6.28. The monoisotopic (exact) mass is 450 g/mol. The number of carbonyl (C=O) groups is 1. The van der Waals surface area contributed by atoms with Crippen LogP contribution in [0.1, 0.15) is 34.8 Å². The van der Waals surface area contributed by atoms with Crippen molar-refractivity contribution in [3.8, 4) is 22.0 Å². The van der Waals surface area contributed by atoms with Gasteiger partial charge in [0.15, 0.2) is 0 Å². The number of aromatic nitrogens is 3. The summed E-state index contributed by atoms with van der Waals surface area (Å²) in [6.45, 7) is 2.31. The summed E-state index contributed by atoms with van der Waals surface area (Å²) < 4.78 is 5.81. The summed E-state index contributed by atoms with van der Waals surface area (Å²) in [4.78, 5) is 19.6. The van der Waals surface area contributed by atoms with E-state index in [9.17, 15) is 4.79 Å². The van der Waals surface area contributed by atoms with Gasteiger partial charge in [0.25, 0.3) is 5.91 Å². The van der Waals surface area contributed by atoms with Gasteiger partial charge in [-0.1, -0.05) is 41.4 Å². The topological polar surface area (TPSA) is 72.1 Å². The van der Waals surface area contributed by atoms with Gasteiger partial charge in [0.05, 0.1) is 6.54 Å². The van der Waals surface area contributed by atoms with E-state index in [0.29, 0.717) is 22.5 Å². The van der Waals surface area contributed by atoms with Gasteiger partial charge < -0.3 is 9.32 Å². The summed E-state index contributed by atoms with van der Waals surface area (Å²) in [7, 11) is 0. The van der Waals surface area contributed by atoms with Crippen LogP contribution in [0.2, 0.25) is 5.02 Å². The van der Waals surface area contributed by atoms with Crippen molar-refractivity contribution in [2.75, 3.05) is 0 Å². The summed E-state index contributed by atoms with van der Waals surface area (Å²) in [6, 6.07) is 15.5. The number of hydrogen-bond acceptors (Lipinski definition) is 6. The minimum Gasteiger partial charge on any atom is -0.419 e. The number of benzene rings is 2. The molecule has 1 saturated carbocycles. The first-order valence-electron chi connectivity index (χ1n) is 9.99. The van der Waals surface area contributed by atoms with Crippen LogP contribution in [0.25, 0.3) is 22.0 Å². The van der Waals surface area contributed by atoms with Crippen LogP contribution in [0.15, 0.2) is 58.3 Å². The number of amides is 1. The normalized spacial score (nSPS) is 13.4. The van der Waals surface area contributed by atoms with E-state index in [1.54, 1.807) is 17.0 Å². The van der Waals surface area contributed by atoms with Gasteiger partial charge in [-0.15, -0.1) is 21.5 Å². The molecule has 0 radical (unpaired) electrons. The molecule has 4 aromatic rings. The fourth-order valence-electron chi connectivity index (χ4n) is 3.27. The van der Waals surface area contributed by atoms with Gasteiger partial charge in [0.2, 0.25) is 11.8 Å². The predicted molar refractivity (Wildman–Crippen MR) is 120 cm³/mol. The highest BCUT2D eigenvalue weighted by Gasteiger charge is 2.35. The van der Waals surface area contributed by atoms with Crippen LogP contribution in [0.3, 0.4) is 0 Å². The van der Waals surface area contributed by atoms with Gasteiger partial charge in [-0.3, -0.25) is 4.79 Å². The first-order chi connectivity index (χ1) is 15.1. The third kappa shape index (κ3) is 4.38. The lowest BCUT2D eigenvalue weighted by atomic mass is 10.2. The van der Waals surface area contributed by atoms with Gasteiger partial charge in [0, 0.05) is 27.6 Å². The largest absolute Gasteiger partial charge is 0.419 e. The van der Waals surface area contributed by atoms with Crippen molar-refractivity contribution in [1.29, 1.82) is 0 Å². The SMILES string of the molecule is Cc1ccc(-c2nc(C(=O)N(Cc3nnc(-c4ccc(Cl)cc4)o3)C3CC3)cs2)cc1. The number of hydrogen-bond donors (Lipinski definition) is 0. The smallest absolute Gasteiger partial charge is 0.274 e. The maximum absolute atomic E-state index is 13.2. The standard InChI is InChI=1S/C23H19ClN4O2S/c1-14-2-4-16(5-3-14)22-25-19(13-31-22)23(29)28(18-10-11-18)12-20-26-27-21(30-20)15-6-8-17(24)9-7-15/h2-9,13,18H,10-12H2,1H3. The zero-order valence-electron chi connectivity index (χ0n) is 16.8. The van der Waals surface area contributed by atoms with Crippen molar-refractivity contribution < 1.29 is 9.21 Å². The molecular weight excluding hydrogens is 432 g/mol. The average molecular weight is 451 g/mol. The lowest BCUT2D eigenvalue weighted by Crippen LogP contribution is -2.33. The van der Waals surface area contributed by atoms with Crippen LogP contribution < -0.4 is 0 Å². The molecule has 0 bridgehead atoms. The second-order valence-electron chi connectivity index (χ2n) is 7.58. The average Bonchev–Trinajstić information content (AvgIpc) is 3.31. The Balaban J connectivity index is 1.34. The highest BCUT2D eigenvalue weighted by Crippen LogP contribution is 2.32. The number of halogens is 1. The molecule has 0 spiro atoms. The van der Waals surface area contributed by atoms with E-state index >= 15 is 0 Å². The van der Waals surface area contributed by atoms with E-state index in [2.05, 4.69) is 15.2 Å². The highest BCUT2D eigenvalue weighted by atomic mass is 35.5. The number of rotatable bonds is 6. The van der Waals surface area contributed by atoms with Gasteiger partial charge in [-0.05, 0) is 44.0 Å². The fraction of sp³-hybridized carbons (Fsp3) is 0.217. The van der Waals surface area contributed by atoms with Gasteiger partial charge in [-0.2, -0.15) is 0 Å². The molecule has 0 aliphatic heterocycles.